The molecule has 1 atom stereocenters. The van der Waals surface area contributed by atoms with Crippen LogP contribution in [0.15, 0.2) is 42.6 Å². The summed E-state index contributed by atoms with van der Waals surface area (Å²) in [6.45, 7) is 3.82. The minimum Gasteiger partial charge on any atom is -0.494 e. The van der Waals surface area contributed by atoms with Crippen molar-refractivity contribution < 1.29 is 23.4 Å². The Kier molecular flexibility index (Phi) is 8.16. The lowest BCUT2D eigenvalue weighted by molar-refractivity contribution is -0.122. The first-order chi connectivity index (χ1) is 18.0. The molecule has 1 amide bonds. The third-order valence-corrected chi connectivity index (χ3v) is 7.78. The Morgan fingerprint density at radius 2 is 1.92 bits per heavy atom. The number of aromatic nitrogens is 1. The number of rotatable bonds is 7. The van der Waals surface area contributed by atoms with Crippen LogP contribution in [0, 0.1) is 11.6 Å². The molecule has 2 aromatic carbocycles. The van der Waals surface area contributed by atoms with Gasteiger partial charge in [0.05, 0.1) is 37.1 Å². The highest BCUT2D eigenvalue weighted by molar-refractivity contribution is 6.33. The number of benzene rings is 2. The highest BCUT2D eigenvalue weighted by Gasteiger charge is 2.38. The van der Waals surface area contributed by atoms with Gasteiger partial charge in [0.2, 0.25) is 5.91 Å². The van der Waals surface area contributed by atoms with E-state index in [9.17, 15) is 14.3 Å². The number of amides is 1. The predicted octanol–water partition coefficient (Wildman–Crippen LogP) is 6.24. The molecule has 1 unspecified atom stereocenters. The molecule has 0 bridgehead atoms. The van der Waals surface area contributed by atoms with Crippen molar-refractivity contribution in [1.82, 2.24) is 4.98 Å². The van der Waals surface area contributed by atoms with Gasteiger partial charge in [0.1, 0.15) is 16.7 Å². The fourth-order valence-electron chi connectivity index (χ4n) is 4.91. The van der Waals surface area contributed by atoms with E-state index in [1.54, 1.807) is 19.3 Å². The van der Waals surface area contributed by atoms with Crippen LogP contribution in [-0.2, 0) is 10.2 Å². The Hall–Kier alpha value is -2.94. The normalized spacial score (nSPS) is 15.6. The molecule has 0 aliphatic carbocycles. The van der Waals surface area contributed by atoms with Gasteiger partial charge in [-0.25, -0.2) is 13.8 Å². The molecule has 0 saturated carbocycles. The molecule has 4 rings (SSSR count). The van der Waals surface area contributed by atoms with Gasteiger partial charge in [-0.15, -0.1) is 0 Å². The Balaban J connectivity index is 1.82. The average Bonchev–Trinajstić information content (AvgIpc) is 3.40. The van der Waals surface area contributed by atoms with Crippen molar-refractivity contribution in [3.05, 3.63) is 69.8 Å². The number of ether oxygens (including phenoxy) is 1. The molecule has 202 valence electrons. The number of hydrogen-bond donors (Lipinski definition) is 1. The van der Waals surface area contributed by atoms with Gasteiger partial charge >= 0.3 is 0 Å². The number of nitrogens with zero attached hydrogens (tertiary/aromatic N) is 3. The number of anilines is 2. The predicted molar refractivity (Wildman–Crippen MR) is 146 cm³/mol. The first-order valence-corrected chi connectivity index (χ1v) is 12.9. The van der Waals surface area contributed by atoms with E-state index in [0.29, 0.717) is 27.7 Å². The summed E-state index contributed by atoms with van der Waals surface area (Å²) < 4.78 is 34.5. The van der Waals surface area contributed by atoms with E-state index in [1.165, 1.54) is 25.9 Å². The minimum atomic E-state index is -1.46. The first-order valence-electron chi connectivity index (χ1n) is 12.2. The SMILES string of the molecule is COc1cc(C(C)(C)C(=O)N(C)c2cnc(N3CCCC3CO)cc2-c2ccccc2Cl)c(F)c(Cl)c1F. The number of halogens is 4. The lowest BCUT2D eigenvalue weighted by Crippen LogP contribution is -2.42. The fraction of sp³-hybridized carbons (Fsp3) is 0.357. The van der Waals surface area contributed by atoms with Crippen LogP contribution in [-0.4, -0.2) is 49.3 Å². The Labute approximate surface area is 230 Å². The minimum absolute atomic E-state index is 0.00664. The lowest BCUT2D eigenvalue weighted by Gasteiger charge is -2.32. The van der Waals surface area contributed by atoms with Gasteiger partial charge in [-0.3, -0.25) is 4.79 Å². The number of carbonyl (C=O) groups is 1. The number of aliphatic hydroxyl groups excluding tert-OH is 1. The molecule has 1 aliphatic rings. The lowest BCUT2D eigenvalue weighted by atomic mass is 9.82. The maximum absolute atomic E-state index is 15.1. The van der Waals surface area contributed by atoms with Crippen LogP contribution >= 0.6 is 23.2 Å². The molecule has 6 nitrogen and oxygen atoms in total. The van der Waals surface area contributed by atoms with Crippen molar-refractivity contribution >= 4 is 40.6 Å². The van der Waals surface area contributed by atoms with Gasteiger partial charge in [-0.05, 0) is 44.9 Å². The zero-order valence-electron chi connectivity index (χ0n) is 21.6. The third-order valence-electron chi connectivity index (χ3n) is 7.12. The van der Waals surface area contributed by atoms with Gasteiger partial charge in [0, 0.05) is 35.3 Å². The monoisotopic (exact) mass is 563 g/mol. The Morgan fingerprint density at radius 1 is 1.21 bits per heavy atom. The molecule has 1 fully saturated rings. The molecule has 1 N–H and O–H groups in total. The van der Waals surface area contributed by atoms with Crippen LogP contribution in [0.25, 0.3) is 11.1 Å². The Morgan fingerprint density at radius 3 is 2.58 bits per heavy atom. The summed E-state index contributed by atoms with van der Waals surface area (Å²) in [5.74, 6) is -2.15. The fourth-order valence-corrected chi connectivity index (χ4v) is 5.34. The molecule has 1 aromatic heterocycles. The van der Waals surface area contributed by atoms with E-state index < -0.39 is 28.0 Å². The summed E-state index contributed by atoms with van der Waals surface area (Å²) in [5, 5.41) is 9.56. The van der Waals surface area contributed by atoms with Crippen LogP contribution in [0.1, 0.15) is 32.3 Å². The van der Waals surface area contributed by atoms with Crippen LogP contribution in [0.3, 0.4) is 0 Å². The van der Waals surface area contributed by atoms with E-state index in [0.717, 1.165) is 25.5 Å². The molecule has 1 aliphatic heterocycles. The number of methoxy groups -OCH3 is 1. The molecule has 0 radical (unpaired) electrons. The summed E-state index contributed by atoms with van der Waals surface area (Å²) >= 11 is 12.5. The maximum atomic E-state index is 15.1. The summed E-state index contributed by atoms with van der Waals surface area (Å²) in [7, 11) is 2.80. The second-order valence-corrected chi connectivity index (χ2v) is 10.6. The molecular formula is C28H29Cl2F2N3O3. The van der Waals surface area contributed by atoms with E-state index in [-0.39, 0.29) is 24.0 Å². The second-order valence-electron chi connectivity index (χ2n) is 9.77. The summed E-state index contributed by atoms with van der Waals surface area (Å²) in [5.41, 5.74) is 0.204. The van der Waals surface area contributed by atoms with E-state index in [2.05, 4.69) is 4.98 Å². The number of pyridine rings is 1. The van der Waals surface area contributed by atoms with Crippen LogP contribution < -0.4 is 14.5 Å². The van der Waals surface area contributed by atoms with Crippen molar-refractivity contribution in [1.29, 1.82) is 0 Å². The highest BCUT2D eigenvalue weighted by Crippen LogP contribution is 2.41. The number of likely N-dealkylation sites (N-methyl/N-ethyl adjacent to an activating group) is 1. The van der Waals surface area contributed by atoms with Crippen molar-refractivity contribution in [2.45, 2.75) is 38.1 Å². The van der Waals surface area contributed by atoms with Gasteiger partial charge in [0.25, 0.3) is 0 Å². The van der Waals surface area contributed by atoms with E-state index in [4.69, 9.17) is 27.9 Å². The first kappa shape index (κ1) is 28.1. The van der Waals surface area contributed by atoms with Crippen LogP contribution in [0.4, 0.5) is 20.3 Å². The zero-order valence-corrected chi connectivity index (χ0v) is 23.1. The molecule has 10 heteroatoms. The van der Waals surface area contributed by atoms with Gasteiger partial charge in [0.15, 0.2) is 11.6 Å². The highest BCUT2D eigenvalue weighted by atomic mass is 35.5. The van der Waals surface area contributed by atoms with Gasteiger partial charge < -0.3 is 19.6 Å². The largest absolute Gasteiger partial charge is 0.494 e. The van der Waals surface area contributed by atoms with Crippen molar-refractivity contribution in [2.24, 2.45) is 0 Å². The van der Waals surface area contributed by atoms with Crippen molar-refractivity contribution in [3.8, 4) is 16.9 Å². The molecular weight excluding hydrogens is 535 g/mol. The van der Waals surface area contributed by atoms with Gasteiger partial charge in [-0.1, -0.05) is 41.4 Å². The smallest absolute Gasteiger partial charge is 0.236 e. The quantitative estimate of drug-likeness (QED) is 0.344. The molecule has 2 heterocycles. The van der Waals surface area contributed by atoms with Crippen LogP contribution in [0.2, 0.25) is 10.0 Å². The average molecular weight is 564 g/mol. The summed E-state index contributed by atoms with van der Waals surface area (Å²) in [4.78, 5) is 21.9. The molecule has 0 spiro atoms. The van der Waals surface area contributed by atoms with Crippen molar-refractivity contribution in [2.75, 3.05) is 37.1 Å². The number of carbonyl (C=O) groups excluding carboxylic acids is 1. The standard InChI is InChI=1S/C28H29Cl2F2N3O3/c1-28(2,19-13-22(38-4)26(32)24(30)25(19)31)27(37)34(3)21-14-33-23(35-11-7-8-16(35)15-36)12-18(21)17-9-5-6-10-20(17)29/h5-6,9-10,12-14,16,36H,7-8,11,15H2,1-4H3. The number of aliphatic hydroxyl groups is 1. The third kappa shape index (κ3) is 4.93. The summed E-state index contributed by atoms with van der Waals surface area (Å²) in [6, 6.07) is 10.2. The molecule has 38 heavy (non-hydrogen) atoms. The van der Waals surface area contributed by atoms with E-state index >= 15 is 4.39 Å². The second kappa shape index (κ2) is 11.0. The van der Waals surface area contributed by atoms with E-state index in [1.807, 2.05) is 29.2 Å². The maximum Gasteiger partial charge on any atom is 0.236 e. The van der Waals surface area contributed by atoms with Crippen molar-refractivity contribution in [3.63, 3.8) is 0 Å². The molecule has 1 saturated heterocycles. The van der Waals surface area contributed by atoms with Gasteiger partial charge in [-0.2, -0.15) is 0 Å². The molecule has 3 aromatic rings. The van der Waals surface area contributed by atoms with Crippen LogP contribution in [0.5, 0.6) is 5.75 Å². The summed E-state index contributed by atoms with van der Waals surface area (Å²) in [6.07, 6.45) is 3.35. The topological polar surface area (TPSA) is 65.9 Å². The Bertz CT molecular complexity index is 1370. The number of hydrogen-bond acceptors (Lipinski definition) is 5. The zero-order chi connectivity index (χ0) is 27.8.